The Morgan fingerprint density at radius 1 is 1.41 bits per heavy atom. The minimum Gasteiger partial charge on any atom is -0.494 e. The number of rotatable bonds is 4. The lowest BCUT2D eigenvalue weighted by Gasteiger charge is -2.09. The predicted octanol–water partition coefficient (Wildman–Crippen LogP) is 2.30. The zero-order valence-corrected chi connectivity index (χ0v) is 9.66. The summed E-state index contributed by atoms with van der Waals surface area (Å²) in [5, 5.41) is 9.12. The Morgan fingerprint density at radius 3 is 2.82 bits per heavy atom. The van der Waals surface area contributed by atoms with Gasteiger partial charge in [-0.1, -0.05) is 6.92 Å². The lowest BCUT2D eigenvalue weighted by atomic mass is 10.0. The second kappa shape index (κ2) is 4.57. The van der Waals surface area contributed by atoms with Gasteiger partial charge in [0, 0.05) is 12.0 Å². The van der Waals surface area contributed by atoms with Crippen molar-refractivity contribution in [2.24, 2.45) is 0 Å². The molecule has 0 heterocycles. The van der Waals surface area contributed by atoms with E-state index in [9.17, 15) is 9.59 Å². The SMILES string of the molecule is CCCOc1cc(C(=O)O)c2c(c1)C(=O)CC2. The minimum atomic E-state index is -1.00. The Morgan fingerprint density at radius 2 is 2.18 bits per heavy atom. The Kier molecular flexibility index (Phi) is 3.13. The molecule has 1 aromatic rings. The summed E-state index contributed by atoms with van der Waals surface area (Å²) < 4.78 is 5.40. The highest BCUT2D eigenvalue weighted by Crippen LogP contribution is 2.30. The molecule has 0 bridgehead atoms. The van der Waals surface area contributed by atoms with Crippen molar-refractivity contribution < 1.29 is 19.4 Å². The second-order valence-corrected chi connectivity index (χ2v) is 4.07. The number of carbonyl (C=O) groups excluding carboxylic acids is 1. The maximum absolute atomic E-state index is 11.6. The van der Waals surface area contributed by atoms with Crippen LogP contribution in [0.3, 0.4) is 0 Å². The first-order valence-electron chi connectivity index (χ1n) is 5.69. The molecular formula is C13H14O4. The van der Waals surface area contributed by atoms with Crippen molar-refractivity contribution in [2.45, 2.75) is 26.2 Å². The van der Waals surface area contributed by atoms with Gasteiger partial charge in [-0.05, 0) is 30.5 Å². The molecule has 17 heavy (non-hydrogen) atoms. The van der Waals surface area contributed by atoms with E-state index in [2.05, 4.69) is 0 Å². The third kappa shape index (κ3) is 2.16. The number of aromatic carboxylic acids is 1. The maximum Gasteiger partial charge on any atom is 0.336 e. The molecule has 0 aromatic heterocycles. The number of fused-ring (bicyclic) bond motifs is 1. The number of hydrogen-bond donors (Lipinski definition) is 1. The van der Waals surface area contributed by atoms with Crippen LogP contribution in [0.4, 0.5) is 0 Å². The topological polar surface area (TPSA) is 63.6 Å². The van der Waals surface area contributed by atoms with Gasteiger partial charge in [-0.2, -0.15) is 0 Å². The van der Waals surface area contributed by atoms with Gasteiger partial charge in [0.15, 0.2) is 5.78 Å². The highest BCUT2D eigenvalue weighted by atomic mass is 16.5. The van der Waals surface area contributed by atoms with Crippen molar-refractivity contribution in [1.82, 2.24) is 0 Å². The quantitative estimate of drug-likeness (QED) is 0.868. The normalized spacial score (nSPS) is 13.6. The fourth-order valence-corrected chi connectivity index (χ4v) is 2.03. The first-order chi connectivity index (χ1) is 8.13. The van der Waals surface area contributed by atoms with E-state index < -0.39 is 5.97 Å². The molecule has 0 unspecified atom stereocenters. The van der Waals surface area contributed by atoms with Crippen LogP contribution in [0, 0.1) is 0 Å². The second-order valence-electron chi connectivity index (χ2n) is 4.07. The minimum absolute atomic E-state index is 0.00412. The van der Waals surface area contributed by atoms with E-state index in [-0.39, 0.29) is 11.3 Å². The number of ketones is 1. The number of carboxylic acids is 1. The van der Waals surface area contributed by atoms with Crippen molar-refractivity contribution >= 4 is 11.8 Å². The van der Waals surface area contributed by atoms with Crippen LogP contribution < -0.4 is 4.74 Å². The summed E-state index contributed by atoms with van der Waals surface area (Å²) in [6, 6.07) is 3.17. The van der Waals surface area contributed by atoms with Crippen LogP contribution in [0.15, 0.2) is 12.1 Å². The van der Waals surface area contributed by atoms with Crippen molar-refractivity contribution in [2.75, 3.05) is 6.61 Å². The number of ether oxygens (including phenoxy) is 1. The van der Waals surface area contributed by atoms with E-state index in [4.69, 9.17) is 9.84 Å². The molecule has 1 aromatic carbocycles. The Labute approximate surface area is 99.2 Å². The lowest BCUT2D eigenvalue weighted by Crippen LogP contribution is -2.05. The summed E-state index contributed by atoms with van der Waals surface area (Å²) in [7, 11) is 0. The monoisotopic (exact) mass is 234 g/mol. The predicted molar refractivity (Wildman–Crippen MR) is 61.8 cm³/mol. The van der Waals surface area contributed by atoms with E-state index in [1.807, 2.05) is 6.92 Å². The van der Waals surface area contributed by atoms with E-state index in [1.165, 1.54) is 6.07 Å². The summed E-state index contributed by atoms with van der Waals surface area (Å²) in [5.41, 5.74) is 1.35. The first kappa shape index (κ1) is 11.6. The molecule has 1 N–H and O–H groups in total. The molecule has 0 saturated carbocycles. The number of carboxylic acid groups (broad SMARTS) is 1. The van der Waals surface area contributed by atoms with Gasteiger partial charge < -0.3 is 9.84 Å². The fourth-order valence-electron chi connectivity index (χ4n) is 2.03. The molecule has 0 spiro atoms. The zero-order valence-electron chi connectivity index (χ0n) is 9.66. The van der Waals surface area contributed by atoms with Crippen molar-refractivity contribution in [3.63, 3.8) is 0 Å². The number of Topliss-reactive ketones (excluding diaryl/α,β-unsaturated/α-hetero) is 1. The first-order valence-corrected chi connectivity index (χ1v) is 5.69. The van der Waals surface area contributed by atoms with Crippen LogP contribution >= 0.6 is 0 Å². The summed E-state index contributed by atoms with van der Waals surface area (Å²) in [6.07, 6.45) is 1.75. The summed E-state index contributed by atoms with van der Waals surface area (Å²) in [5.74, 6) is -0.527. The van der Waals surface area contributed by atoms with Gasteiger partial charge in [-0.3, -0.25) is 4.79 Å². The molecule has 0 radical (unpaired) electrons. The third-order valence-electron chi connectivity index (χ3n) is 2.83. The van der Waals surface area contributed by atoms with Gasteiger partial charge in [0.2, 0.25) is 0 Å². The number of benzene rings is 1. The molecule has 4 nitrogen and oxygen atoms in total. The van der Waals surface area contributed by atoms with Crippen LogP contribution in [0.1, 0.15) is 46.0 Å². The Balaban J connectivity index is 2.45. The number of hydrogen-bond acceptors (Lipinski definition) is 3. The molecule has 2 rings (SSSR count). The van der Waals surface area contributed by atoms with Crippen LogP contribution in [0.5, 0.6) is 5.75 Å². The van der Waals surface area contributed by atoms with Crippen LogP contribution in [0.25, 0.3) is 0 Å². The Hall–Kier alpha value is -1.84. The third-order valence-corrected chi connectivity index (χ3v) is 2.83. The van der Waals surface area contributed by atoms with Gasteiger partial charge in [-0.25, -0.2) is 4.79 Å². The lowest BCUT2D eigenvalue weighted by molar-refractivity contribution is 0.0695. The zero-order chi connectivity index (χ0) is 12.4. The molecular weight excluding hydrogens is 220 g/mol. The summed E-state index contributed by atoms with van der Waals surface area (Å²) >= 11 is 0. The smallest absolute Gasteiger partial charge is 0.336 e. The average Bonchev–Trinajstić information content (AvgIpc) is 2.67. The van der Waals surface area contributed by atoms with Crippen LogP contribution in [-0.2, 0) is 6.42 Å². The van der Waals surface area contributed by atoms with E-state index in [0.717, 1.165) is 6.42 Å². The molecule has 0 aliphatic heterocycles. The van der Waals surface area contributed by atoms with E-state index >= 15 is 0 Å². The Bertz CT molecular complexity index is 477. The molecule has 1 aliphatic rings. The molecule has 0 saturated heterocycles. The van der Waals surface area contributed by atoms with E-state index in [0.29, 0.717) is 36.3 Å². The largest absolute Gasteiger partial charge is 0.494 e. The summed E-state index contributed by atoms with van der Waals surface area (Å²) in [4.78, 5) is 22.7. The standard InChI is InChI=1S/C13H14O4/c1-2-5-17-8-6-10-9(3-4-12(10)14)11(7-8)13(15)16/h6-7H,2-5H2,1H3,(H,15,16). The molecule has 0 fully saturated rings. The average molecular weight is 234 g/mol. The number of carbonyl (C=O) groups is 2. The van der Waals surface area contributed by atoms with Crippen LogP contribution in [0.2, 0.25) is 0 Å². The van der Waals surface area contributed by atoms with Gasteiger partial charge in [0.25, 0.3) is 0 Å². The fraction of sp³-hybridized carbons (Fsp3) is 0.385. The van der Waals surface area contributed by atoms with Crippen molar-refractivity contribution in [3.05, 3.63) is 28.8 Å². The van der Waals surface area contributed by atoms with Gasteiger partial charge >= 0.3 is 5.97 Å². The van der Waals surface area contributed by atoms with Gasteiger partial charge in [0.1, 0.15) is 5.75 Å². The van der Waals surface area contributed by atoms with Crippen LogP contribution in [-0.4, -0.2) is 23.5 Å². The van der Waals surface area contributed by atoms with Crippen molar-refractivity contribution in [1.29, 1.82) is 0 Å². The molecule has 1 aliphatic carbocycles. The molecule has 0 amide bonds. The van der Waals surface area contributed by atoms with Gasteiger partial charge in [0.05, 0.1) is 12.2 Å². The van der Waals surface area contributed by atoms with Crippen molar-refractivity contribution in [3.8, 4) is 5.75 Å². The highest BCUT2D eigenvalue weighted by molar-refractivity contribution is 6.04. The maximum atomic E-state index is 11.6. The molecule has 90 valence electrons. The van der Waals surface area contributed by atoms with Gasteiger partial charge in [-0.15, -0.1) is 0 Å². The summed E-state index contributed by atoms with van der Waals surface area (Å²) in [6.45, 7) is 2.49. The highest BCUT2D eigenvalue weighted by Gasteiger charge is 2.26. The molecule has 0 atom stereocenters. The molecule has 4 heteroatoms. The van der Waals surface area contributed by atoms with E-state index in [1.54, 1.807) is 6.07 Å².